The number of hydrogen-bond donors (Lipinski definition) is 2. The molecule has 0 aliphatic rings. The molecule has 0 amide bonds. The van der Waals surface area contributed by atoms with Gasteiger partial charge in [-0.2, -0.15) is 0 Å². The number of hydrogen-bond acceptors (Lipinski definition) is 2. The summed E-state index contributed by atoms with van der Waals surface area (Å²) in [5.74, 6) is 1.44. The van der Waals surface area contributed by atoms with Crippen LogP contribution in [0.2, 0.25) is 4.34 Å². The van der Waals surface area contributed by atoms with Crippen LogP contribution in [0.5, 0.6) is 0 Å². The van der Waals surface area contributed by atoms with Crippen molar-refractivity contribution < 1.29 is 0 Å². The van der Waals surface area contributed by atoms with E-state index in [-0.39, 0.29) is 0 Å². The van der Waals surface area contributed by atoms with E-state index >= 15 is 0 Å². The van der Waals surface area contributed by atoms with E-state index in [1.165, 1.54) is 4.88 Å². The summed E-state index contributed by atoms with van der Waals surface area (Å²) in [5, 5.41) is 6.69. The second-order valence-corrected chi connectivity index (χ2v) is 6.43. The summed E-state index contributed by atoms with van der Waals surface area (Å²) < 4.78 is 0.848. The highest BCUT2D eigenvalue weighted by Crippen LogP contribution is 2.21. The molecule has 0 aliphatic carbocycles. The zero-order valence-electron chi connectivity index (χ0n) is 11.5. The molecular weight excluding hydrogens is 266 g/mol. The zero-order chi connectivity index (χ0) is 13.5. The SMILES string of the molecule is CN=C(NCCc1ccc(Cl)s1)NC(C)C(C)C. The molecule has 0 saturated heterocycles. The maximum absolute atomic E-state index is 5.89. The van der Waals surface area contributed by atoms with Crippen LogP contribution in [-0.4, -0.2) is 25.6 Å². The molecule has 0 spiro atoms. The third kappa shape index (κ3) is 5.27. The largest absolute Gasteiger partial charge is 0.356 e. The van der Waals surface area contributed by atoms with Gasteiger partial charge in [0.2, 0.25) is 0 Å². The topological polar surface area (TPSA) is 36.4 Å². The Morgan fingerprint density at radius 3 is 2.61 bits per heavy atom. The fourth-order valence-corrected chi connectivity index (χ4v) is 2.45. The summed E-state index contributed by atoms with van der Waals surface area (Å²) >= 11 is 7.53. The van der Waals surface area contributed by atoms with E-state index in [4.69, 9.17) is 11.6 Å². The van der Waals surface area contributed by atoms with Crippen molar-refractivity contribution in [1.29, 1.82) is 0 Å². The maximum Gasteiger partial charge on any atom is 0.191 e. The van der Waals surface area contributed by atoms with Crippen LogP contribution in [0.3, 0.4) is 0 Å². The molecule has 1 atom stereocenters. The highest BCUT2D eigenvalue weighted by Gasteiger charge is 2.08. The zero-order valence-corrected chi connectivity index (χ0v) is 13.0. The Bertz CT molecular complexity index is 387. The van der Waals surface area contributed by atoms with Gasteiger partial charge in [0, 0.05) is 24.5 Å². The summed E-state index contributed by atoms with van der Waals surface area (Å²) in [4.78, 5) is 5.51. The average molecular weight is 288 g/mol. The van der Waals surface area contributed by atoms with Gasteiger partial charge in [0.05, 0.1) is 4.34 Å². The highest BCUT2D eigenvalue weighted by atomic mass is 35.5. The Morgan fingerprint density at radius 2 is 2.11 bits per heavy atom. The number of nitrogens with one attached hydrogen (secondary N) is 2. The van der Waals surface area contributed by atoms with E-state index in [2.05, 4.69) is 42.5 Å². The van der Waals surface area contributed by atoms with E-state index in [0.717, 1.165) is 23.3 Å². The summed E-state index contributed by atoms with van der Waals surface area (Å²) in [7, 11) is 1.80. The number of thiophene rings is 1. The van der Waals surface area contributed by atoms with Crippen LogP contribution in [0.4, 0.5) is 0 Å². The third-order valence-electron chi connectivity index (χ3n) is 2.88. The van der Waals surface area contributed by atoms with Crippen LogP contribution in [0.25, 0.3) is 0 Å². The third-order valence-corrected chi connectivity index (χ3v) is 4.17. The summed E-state index contributed by atoms with van der Waals surface area (Å²) in [6, 6.07) is 4.42. The molecule has 1 aromatic heterocycles. The Morgan fingerprint density at radius 1 is 1.39 bits per heavy atom. The van der Waals surface area contributed by atoms with Crippen molar-refractivity contribution in [3.8, 4) is 0 Å². The van der Waals surface area contributed by atoms with Crippen molar-refractivity contribution in [3.63, 3.8) is 0 Å². The van der Waals surface area contributed by atoms with Gasteiger partial charge in [-0.25, -0.2) is 0 Å². The van der Waals surface area contributed by atoms with Crippen molar-refractivity contribution in [1.82, 2.24) is 10.6 Å². The fourth-order valence-electron chi connectivity index (χ4n) is 1.37. The van der Waals surface area contributed by atoms with Crippen LogP contribution in [0.1, 0.15) is 25.6 Å². The molecule has 18 heavy (non-hydrogen) atoms. The molecule has 0 aromatic carbocycles. The monoisotopic (exact) mass is 287 g/mol. The highest BCUT2D eigenvalue weighted by molar-refractivity contribution is 7.16. The van der Waals surface area contributed by atoms with Gasteiger partial charge >= 0.3 is 0 Å². The molecular formula is C13H22ClN3S. The van der Waals surface area contributed by atoms with E-state index in [1.807, 2.05) is 6.07 Å². The molecule has 0 aliphatic heterocycles. The first-order chi connectivity index (χ1) is 8.52. The summed E-state index contributed by atoms with van der Waals surface area (Å²) in [6.07, 6.45) is 0.966. The first-order valence-electron chi connectivity index (χ1n) is 6.24. The minimum Gasteiger partial charge on any atom is -0.356 e. The second-order valence-electron chi connectivity index (χ2n) is 4.63. The molecule has 0 fully saturated rings. The summed E-state index contributed by atoms with van der Waals surface area (Å²) in [5.41, 5.74) is 0. The van der Waals surface area contributed by atoms with Crippen LogP contribution in [0.15, 0.2) is 17.1 Å². The Balaban J connectivity index is 2.32. The lowest BCUT2D eigenvalue weighted by atomic mass is 10.1. The molecule has 1 aromatic rings. The maximum atomic E-state index is 5.89. The number of nitrogens with zero attached hydrogens (tertiary/aromatic N) is 1. The first kappa shape index (κ1) is 15.3. The van der Waals surface area contributed by atoms with Crippen LogP contribution in [0, 0.1) is 5.92 Å². The normalized spacial score (nSPS) is 13.8. The van der Waals surface area contributed by atoms with E-state index in [1.54, 1.807) is 18.4 Å². The van der Waals surface area contributed by atoms with Gasteiger partial charge in [0.1, 0.15) is 0 Å². The standard InChI is InChI=1S/C13H22ClN3S/c1-9(2)10(3)17-13(15-4)16-8-7-11-5-6-12(14)18-11/h5-6,9-10H,7-8H2,1-4H3,(H2,15,16,17). The van der Waals surface area contributed by atoms with Gasteiger partial charge in [-0.15, -0.1) is 11.3 Å². The minimum absolute atomic E-state index is 0.410. The van der Waals surface area contributed by atoms with E-state index in [0.29, 0.717) is 12.0 Å². The Kier molecular flexibility index (Phi) is 6.50. The van der Waals surface area contributed by atoms with Gasteiger partial charge in [-0.05, 0) is 31.4 Å². The van der Waals surface area contributed by atoms with Crippen molar-refractivity contribution in [2.45, 2.75) is 33.2 Å². The predicted molar refractivity (Wildman–Crippen MR) is 81.8 cm³/mol. The average Bonchev–Trinajstić information content (AvgIpc) is 2.73. The molecule has 102 valence electrons. The van der Waals surface area contributed by atoms with Crippen molar-refractivity contribution >= 4 is 28.9 Å². The van der Waals surface area contributed by atoms with Crippen LogP contribution >= 0.6 is 22.9 Å². The Hall–Kier alpha value is -0.740. The molecule has 0 saturated carbocycles. The van der Waals surface area contributed by atoms with Gasteiger partial charge < -0.3 is 10.6 Å². The van der Waals surface area contributed by atoms with Gasteiger partial charge in [0.25, 0.3) is 0 Å². The molecule has 0 radical (unpaired) electrons. The Labute approximate surface area is 119 Å². The van der Waals surface area contributed by atoms with Crippen molar-refractivity contribution in [2.75, 3.05) is 13.6 Å². The second kappa shape index (κ2) is 7.64. The minimum atomic E-state index is 0.410. The summed E-state index contributed by atoms with van der Waals surface area (Å²) in [6.45, 7) is 7.41. The van der Waals surface area contributed by atoms with E-state index < -0.39 is 0 Å². The van der Waals surface area contributed by atoms with Crippen molar-refractivity contribution in [3.05, 3.63) is 21.3 Å². The molecule has 1 unspecified atom stereocenters. The number of aliphatic imine (C=N–C) groups is 1. The first-order valence-corrected chi connectivity index (χ1v) is 7.43. The molecule has 0 bridgehead atoms. The van der Waals surface area contributed by atoms with Crippen LogP contribution < -0.4 is 10.6 Å². The van der Waals surface area contributed by atoms with Crippen molar-refractivity contribution in [2.24, 2.45) is 10.9 Å². The molecule has 1 heterocycles. The number of rotatable bonds is 5. The smallest absolute Gasteiger partial charge is 0.191 e. The lowest BCUT2D eigenvalue weighted by molar-refractivity contribution is 0.481. The van der Waals surface area contributed by atoms with Gasteiger partial charge in [-0.3, -0.25) is 4.99 Å². The van der Waals surface area contributed by atoms with Crippen LogP contribution in [-0.2, 0) is 6.42 Å². The molecule has 1 rings (SSSR count). The lowest BCUT2D eigenvalue weighted by Crippen LogP contribution is -2.44. The number of halogens is 1. The fraction of sp³-hybridized carbons (Fsp3) is 0.615. The van der Waals surface area contributed by atoms with Gasteiger partial charge in [-0.1, -0.05) is 25.4 Å². The van der Waals surface area contributed by atoms with E-state index in [9.17, 15) is 0 Å². The predicted octanol–water partition coefficient (Wildman–Crippen LogP) is 3.15. The van der Waals surface area contributed by atoms with Gasteiger partial charge in [0.15, 0.2) is 5.96 Å². The molecule has 2 N–H and O–H groups in total. The number of guanidine groups is 1. The lowest BCUT2D eigenvalue weighted by Gasteiger charge is -2.20. The molecule has 5 heteroatoms. The molecule has 3 nitrogen and oxygen atoms in total. The quantitative estimate of drug-likeness (QED) is 0.645.